The average Bonchev–Trinajstić information content (AvgIpc) is 3.09. The lowest BCUT2D eigenvalue weighted by Crippen LogP contribution is -1.98. The summed E-state index contributed by atoms with van der Waals surface area (Å²) in [6, 6.07) is 11.9. The number of nitrogens with zero attached hydrogens (tertiary/aromatic N) is 5. The maximum Gasteiger partial charge on any atom is 0.138 e. The summed E-state index contributed by atoms with van der Waals surface area (Å²) in [5, 5.41) is 11.1. The zero-order valence-corrected chi connectivity index (χ0v) is 12.7. The molecule has 0 fully saturated rings. The Hall–Kier alpha value is -3.02. The van der Waals surface area contributed by atoms with Crippen LogP contribution in [0.5, 0.6) is 0 Å². The minimum absolute atomic E-state index is 0.756. The molecule has 0 amide bonds. The van der Waals surface area contributed by atoms with Gasteiger partial charge in [-0.1, -0.05) is 24.3 Å². The van der Waals surface area contributed by atoms with E-state index < -0.39 is 0 Å². The number of rotatable bonds is 6. The Morgan fingerprint density at radius 1 is 1.17 bits per heavy atom. The number of pyridine rings is 1. The topological polar surface area (TPSA) is 82.5 Å². The van der Waals surface area contributed by atoms with Crippen LogP contribution in [-0.2, 0) is 6.54 Å². The van der Waals surface area contributed by atoms with Crippen LogP contribution in [0.2, 0.25) is 0 Å². The van der Waals surface area contributed by atoms with Gasteiger partial charge in [0.2, 0.25) is 0 Å². The number of aromatic nitrogens is 5. The second kappa shape index (κ2) is 7.31. The lowest BCUT2D eigenvalue weighted by atomic mass is 9.97. The highest BCUT2D eigenvalue weighted by atomic mass is 15.5. The van der Waals surface area contributed by atoms with Crippen molar-refractivity contribution in [3.05, 3.63) is 72.3 Å². The summed E-state index contributed by atoms with van der Waals surface area (Å²) < 4.78 is 1.73. The fourth-order valence-electron chi connectivity index (χ4n) is 2.41. The number of hydrogen-bond acceptors (Lipinski definition) is 5. The second-order valence-electron chi connectivity index (χ2n) is 5.20. The number of tetrazole rings is 1. The third-order valence-electron chi connectivity index (χ3n) is 3.50. The van der Waals surface area contributed by atoms with Gasteiger partial charge in [-0.05, 0) is 52.6 Å². The van der Waals surface area contributed by atoms with E-state index in [1.807, 2.05) is 30.5 Å². The van der Waals surface area contributed by atoms with Gasteiger partial charge in [0.05, 0.1) is 0 Å². The van der Waals surface area contributed by atoms with E-state index in [-0.39, 0.29) is 0 Å². The van der Waals surface area contributed by atoms with Gasteiger partial charge in [0.1, 0.15) is 6.33 Å². The number of anilines is 1. The minimum atomic E-state index is 0.756. The third kappa shape index (κ3) is 4.00. The summed E-state index contributed by atoms with van der Waals surface area (Å²) in [6.45, 7) is 0.792. The van der Waals surface area contributed by atoms with Crippen LogP contribution < -0.4 is 5.73 Å². The van der Waals surface area contributed by atoms with E-state index in [2.05, 4.69) is 38.7 Å². The highest BCUT2D eigenvalue weighted by Gasteiger charge is 2.05. The summed E-state index contributed by atoms with van der Waals surface area (Å²) >= 11 is 0. The highest BCUT2D eigenvalue weighted by molar-refractivity contribution is 5.80. The maximum absolute atomic E-state index is 5.93. The van der Waals surface area contributed by atoms with Crippen molar-refractivity contribution in [3.63, 3.8) is 0 Å². The molecular formula is C17H18N6. The molecule has 0 saturated heterocycles. The van der Waals surface area contributed by atoms with Crippen molar-refractivity contribution in [2.24, 2.45) is 0 Å². The molecule has 23 heavy (non-hydrogen) atoms. The maximum atomic E-state index is 5.93. The van der Waals surface area contributed by atoms with E-state index in [1.54, 1.807) is 17.2 Å². The fourth-order valence-corrected chi connectivity index (χ4v) is 2.41. The number of allylic oxidation sites excluding steroid dienone is 1. The Morgan fingerprint density at radius 2 is 2.09 bits per heavy atom. The number of hydrogen-bond donors (Lipinski definition) is 1. The first-order valence-electron chi connectivity index (χ1n) is 7.50. The third-order valence-corrected chi connectivity index (χ3v) is 3.50. The van der Waals surface area contributed by atoms with E-state index in [9.17, 15) is 0 Å². The van der Waals surface area contributed by atoms with Crippen molar-refractivity contribution in [3.8, 4) is 0 Å². The SMILES string of the molecule is Nc1cccc(C(=CCCCn2cnnn2)c2cccnc2)c1. The van der Waals surface area contributed by atoms with Crippen LogP contribution in [0.4, 0.5) is 5.69 Å². The Balaban J connectivity index is 1.79. The molecule has 0 bridgehead atoms. The molecule has 0 saturated carbocycles. The molecule has 0 radical (unpaired) electrons. The molecule has 2 N–H and O–H groups in total. The van der Waals surface area contributed by atoms with E-state index in [1.165, 1.54) is 0 Å². The molecule has 6 heteroatoms. The average molecular weight is 306 g/mol. The predicted molar refractivity (Wildman–Crippen MR) is 89.2 cm³/mol. The number of benzene rings is 1. The molecule has 2 aromatic heterocycles. The quantitative estimate of drug-likeness (QED) is 0.559. The van der Waals surface area contributed by atoms with Crippen LogP contribution in [0.1, 0.15) is 24.0 Å². The lowest BCUT2D eigenvalue weighted by Gasteiger charge is -2.09. The van der Waals surface area contributed by atoms with Gasteiger partial charge in [-0.15, -0.1) is 5.10 Å². The summed E-state index contributed by atoms with van der Waals surface area (Å²) in [6.07, 6.45) is 9.37. The van der Waals surface area contributed by atoms with E-state index in [0.717, 1.165) is 41.8 Å². The molecule has 0 unspecified atom stereocenters. The van der Waals surface area contributed by atoms with Gasteiger partial charge < -0.3 is 5.73 Å². The molecule has 0 atom stereocenters. The first-order chi connectivity index (χ1) is 11.3. The first-order valence-corrected chi connectivity index (χ1v) is 7.50. The summed E-state index contributed by atoms with van der Waals surface area (Å²) in [4.78, 5) is 4.22. The van der Waals surface area contributed by atoms with E-state index >= 15 is 0 Å². The Morgan fingerprint density at radius 3 is 2.83 bits per heavy atom. The Kier molecular flexibility index (Phi) is 4.73. The number of unbranched alkanes of at least 4 members (excludes halogenated alkanes) is 1. The highest BCUT2D eigenvalue weighted by Crippen LogP contribution is 2.25. The summed E-state index contributed by atoms with van der Waals surface area (Å²) in [5.74, 6) is 0. The second-order valence-corrected chi connectivity index (χ2v) is 5.20. The fraction of sp³-hybridized carbons (Fsp3) is 0.176. The molecule has 3 rings (SSSR count). The van der Waals surface area contributed by atoms with Crippen LogP contribution in [-0.4, -0.2) is 25.2 Å². The lowest BCUT2D eigenvalue weighted by molar-refractivity contribution is 0.563. The van der Waals surface area contributed by atoms with Crippen molar-refractivity contribution < 1.29 is 0 Å². The van der Waals surface area contributed by atoms with Gasteiger partial charge in [-0.25, -0.2) is 4.68 Å². The molecule has 1 aromatic carbocycles. The van der Waals surface area contributed by atoms with Gasteiger partial charge in [0.25, 0.3) is 0 Å². The Bertz CT molecular complexity index is 765. The van der Waals surface area contributed by atoms with Crippen molar-refractivity contribution in [1.82, 2.24) is 25.2 Å². The molecular weight excluding hydrogens is 288 g/mol. The largest absolute Gasteiger partial charge is 0.399 e. The zero-order valence-electron chi connectivity index (χ0n) is 12.7. The van der Waals surface area contributed by atoms with Crippen LogP contribution >= 0.6 is 0 Å². The van der Waals surface area contributed by atoms with Crippen LogP contribution in [0, 0.1) is 0 Å². The number of nitrogen functional groups attached to an aromatic ring is 1. The van der Waals surface area contributed by atoms with Gasteiger partial charge >= 0.3 is 0 Å². The standard InChI is InChI=1S/C17H18N6/c18-16-7-3-5-14(11-16)17(15-6-4-9-19-12-15)8-1-2-10-23-13-20-21-22-23/h3-9,11-13H,1-2,10,18H2. The van der Waals surface area contributed by atoms with Crippen molar-refractivity contribution in [2.45, 2.75) is 19.4 Å². The van der Waals surface area contributed by atoms with Crippen LogP contribution in [0.3, 0.4) is 0 Å². The molecule has 3 aromatic rings. The Labute approximate surface area is 134 Å². The van der Waals surface area contributed by atoms with E-state index in [4.69, 9.17) is 5.73 Å². The predicted octanol–water partition coefficient (Wildman–Crippen LogP) is 2.56. The molecule has 0 spiro atoms. The van der Waals surface area contributed by atoms with Crippen LogP contribution in [0.25, 0.3) is 5.57 Å². The van der Waals surface area contributed by atoms with Gasteiger partial charge in [-0.3, -0.25) is 4.98 Å². The van der Waals surface area contributed by atoms with Crippen molar-refractivity contribution >= 4 is 11.3 Å². The smallest absolute Gasteiger partial charge is 0.138 e. The molecule has 0 aliphatic heterocycles. The van der Waals surface area contributed by atoms with Gasteiger partial charge in [-0.2, -0.15) is 0 Å². The molecule has 116 valence electrons. The number of nitrogens with two attached hydrogens (primary N) is 1. The molecule has 0 aliphatic carbocycles. The van der Waals surface area contributed by atoms with Gasteiger partial charge in [0, 0.05) is 30.2 Å². The van der Waals surface area contributed by atoms with Crippen molar-refractivity contribution in [2.75, 3.05) is 5.73 Å². The molecule has 0 aliphatic rings. The van der Waals surface area contributed by atoms with E-state index in [0.29, 0.717) is 0 Å². The van der Waals surface area contributed by atoms with Crippen LogP contribution in [0.15, 0.2) is 61.2 Å². The molecule has 6 nitrogen and oxygen atoms in total. The zero-order chi connectivity index (χ0) is 15.9. The molecule has 2 heterocycles. The minimum Gasteiger partial charge on any atom is -0.399 e. The monoisotopic (exact) mass is 306 g/mol. The summed E-state index contributed by atoms with van der Waals surface area (Å²) in [7, 11) is 0. The van der Waals surface area contributed by atoms with Gasteiger partial charge in [0.15, 0.2) is 0 Å². The summed E-state index contributed by atoms with van der Waals surface area (Å²) in [5.41, 5.74) is 10.0. The first kappa shape index (κ1) is 14.9. The van der Waals surface area contributed by atoms with Crippen molar-refractivity contribution in [1.29, 1.82) is 0 Å². The number of aryl methyl sites for hydroxylation is 1. The normalized spacial score (nSPS) is 11.6.